The molecule has 1 aliphatic rings. The first kappa shape index (κ1) is 16.5. The molecule has 130 valence electrons. The van der Waals surface area contributed by atoms with Crippen LogP contribution in [0.1, 0.15) is 11.3 Å². The van der Waals surface area contributed by atoms with Gasteiger partial charge < -0.3 is 9.64 Å². The van der Waals surface area contributed by atoms with Crippen molar-refractivity contribution in [3.63, 3.8) is 0 Å². The van der Waals surface area contributed by atoms with Crippen molar-refractivity contribution in [1.29, 1.82) is 0 Å². The van der Waals surface area contributed by atoms with Crippen LogP contribution < -0.4 is 4.74 Å². The van der Waals surface area contributed by atoms with Crippen LogP contribution >= 0.6 is 0 Å². The molecule has 0 fully saturated rings. The number of hydrogen-bond acceptors (Lipinski definition) is 4. The summed E-state index contributed by atoms with van der Waals surface area (Å²) in [4.78, 5) is 11.0. The van der Waals surface area contributed by atoms with E-state index in [4.69, 9.17) is 9.72 Å². The molecule has 0 amide bonds. The van der Waals surface area contributed by atoms with Gasteiger partial charge in [-0.05, 0) is 67.7 Å². The van der Waals surface area contributed by atoms with E-state index in [1.165, 1.54) is 11.1 Å². The standard InChI is InChI=1S/C22H21N3O/c1-25(2)15-19-6-3-17-13-21(9-10-22(17)24-19)26-20-7-4-16(5-8-20)18-11-12-23-14-18/h3-13H,14-15H2,1-2H3. The third-order valence-electron chi connectivity index (χ3n) is 4.30. The molecule has 0 radical (unpaired) electrons. The van der Waals surface area contributed by atoms with Crippen molar-refractivity contribution < 1.29 is 4.74 Å². The molecular weight excluding hydrogens is 322 g/mol. The Morgan fingerprint density at radius 1 is 0.962 bits per heavy atom. The highest BCUT2D eigenvalue weighted by molar-refractivity contribution is 5.89. The molecule has 0 atom stereocenters. The summed E-state index contributed by atoms with van der Waals surface area (Å²) in [6.45, 7) is 1.59. The summed E-state index contributed by atoms with van der Waals surface area (Å²) in [7, 11) is 4.09. The second-order valence-electron chi connectivity index (χ2n) is 6.70. The van der Waals surface area contributed by atoms with E-state index in [1.54, 1.807) is 0 Å². The monoisotopic (exact) mass is 343 g/mol. The smallest absolute Gasteiger partial charge is 0.128 e. The molecule has 4 rings (SSSR count). The molecule has 4 nitrogen and oxygen atoms in total. The fraction of sp³-hybridized carbons (Fsp3) is 0.182. The third kappa shape index (κ3) is 3.65. The van der Waals surface area contributed by atoms with E-state index in [0.717, 1.165) is 41.2 Å². The number of benzene rings is 2. The van der Waals surface area contributed by atoms with E-state index in [0.29, 0.717) is 0 Å². The van der Waals surface area contributed by atoms with Gasteiger partial charge in [0.25, 0.3) is 0 Å². The summed E-state index contributed by atoms with van der Waals surface area (Å²) in [5, 5.41) is 1.08. The van der Waals surface area contributed by atoms with Crippen molar-refractivity contribution in [3.8, 4) is 11.5 Å². The summed E-state index contributed by atoms with van der Waals surface area (Å²) in [6, 6.07) is 18.3. The fourth-order valence-electron chi connectivity index (χ4n) is 3.03. The van der Waals surface area contributed by atoms with E-state index in [9.17, 15) is 0 Å². The van der Waals surface area contributed by atoms with Gasteiger partial charge >= 0.3 is 0 Å². The molecule has 0 bridgehead atoms. The zero-order chi connectivity index (χ0) is 17.9. The van der Waals surface area contributed by atoms with Crippen LogP contribution in [0.5, 0.6) is 11.5 Å². The molecular formula is C22H21N3O. The average molecular weight is 343 g/mol. The Balaban J connectivity index is 1.51. The van der Waals surface area contributed by atoms with Gasteiger partial charge in [0.15, 0.2) is 0 Å². The first-order chi connectivity index (χ1) is 12.7. The van der Waals surface area contributed by atoms with Gasteiger partial charge in [-0.2, -0.15) is 0 Å². The fourth-order valence-corrected chi connectivity index (χ4v) is 3.03. The van der Waals surface area contributed by atoms with Crippen LogP contribution in [-0.4, -0.2) is 36.7 Å². The molecule has 0 N–H and O–H groups in total. The Hall–Kier alpha value is -2.98. The van der Waals surface area contributed by atoms with Crippen molar-refractivity contribution in [2.45, 2.75) is 6.54 Å². The minimum Gasteiger partial charge on any atom is -0.457 e. The molecule has 0 saturated heterocycles. The number of ether oxygens (including phenoxy) is 1. The number of pyridine rings is 1. The van der Waals surface area contributed by atoms with Crippen molar-refractivity contribution >= 4 is 22.7 Å². The van der Waals surface area contributed by atoms with E-state index < -0.39 is 0 Å². The van der Waals surface area contributed by atoms with Crippen molar-refractivity contribution in [2.24, 2.45) is 4.99 Å². The minimum absolute atomic E-state index is 0.758. The lowest BCUT2D eigenvalue weighted by molar-refractivity contribution is 0.397. The van der Waals surface area contributed by atoms with Crippen LogP contribution in [0.2, 0.25) is 0 Å². The number of allylic oxidation sites excluding steroid dienone is 1. The summed E-state index contributed by atoms with van der Waals surface area (Å²) < 4.78 is 6.01. The highest BCUT2D eigenvalue weighted by Crippen LogP contribution is 2.27. The van der Waals surface area contributed by atoms with Gasteiger partial charge in [-0.25, -0.2) is 0 Å². The molecule has 2 aromatic carbocycles. The Kier molecular flexibility index (Phi) is 4.50. The Morgan fingerprint density at radius 3 is 2.50 bits per heavy atom. The molecule has 1 aromatic heterocycles. The number of fused-ring (bicyclic) bond motifs is 1. The van der Waals surface area contributed by atoms with E-state index in [1.807, 2.05) is 50.6 Å². The predicted octanol–water partition coefficient (Wildman–Crippen LogP) is 4.56. The van der Waals surface area contributed by atoms with Gasteiger partial charge in [-0.1, -0.05) is 18.2 Å². The summed E-state index contributed by atoms with van der Waals surface area (Å²) in [5.74, 6) is 1.64. The largest absolute Gasteiger partial charge is 0.457 e. The summed E-state index contributed by atoms with van der Waals surface area (Å²) >= 11 is 0. The van der Waals surface area contributed by atoms with Crippen LogP contribution in [0.25, 0.3) is 16.5 Å². The topological polar surface area (TPSA) is 37.7 Å². The van der Waals surface area contributed by atoms with Crippen molar-refractivity contribution in [3.05, 3.63) is 71.9 Å². The average Bonchev–Trinajstić information content (AvgIpc) is 3.17. The van der Waals surface area contributed by atoms with Gasteiger partial charge in [-0.15, -0.1) is 0 Å². The van der Waals surface area contributed by atoms with Gasteiger partial charge in [-0.3, -0.25) is 9.98 Å². The van der Waals surface area contributed by atoms with Crippen LogP contribution in [0.4, 0.5) is 0 Å². The lowest BCUT2D eigenvalue weighted by Gasteiger charge is -2.11. The van der Waals surface area contributed by atoms with Crippen LogP contribution in [-0.2, 0) is 6.54 Å². The van der Waals surface area contributed by atoms with Gasteiger partial charge in [0.2, 0.25) is 0 Å². The second-order valence-corrected chi connectivity index (χ2v) is 6.70. The maximum atomic E-state index is 6.01. The zero-order valence-corrected chi connectivity index (χ0v) is 15.0. The zero-order valence-electron chi connectivity index (χ0n) is 15.0. The quantitative estimate of drug-likeness (QED) is 0.682. The number of hydrogen-bond donors (Lipinski definition) is 0. The van der Waals surface area contributed by atoms with Crippen molar-refractivity contribution in [2.75, 3.05) is 20.6 Å². The highest BCUT2D eigenvalue weighted by Gasteiger charge is 2.06. The highest BCUT2D eigenvalue weighted by atomic mass is 16.5. The Labute approximate surface area is 153 Å². The van der Waals surface area contributed by atoms with Gasteiger partial charge in [0.05, 0.1) is 17.8 Å². The summed E-state index contributed by atoms with van der Waals surface area (Å²) in [6.07, 6.45) is 3.91. The number of aromatic nitrogens is 1. The molecule has 1 aliphatic heterocycles. The molecule has 0 aliphatic carbocycles. The van der Waals surface area contributed by atoms with Crippen LogP contribution in [0.15, 0.2) is 65.7 Å². The molecule has 26 heavy (non-hydrogen) atoms. The maximum Gasteiger partial charge on any atom is 0.128 e. The minimum atomic E-state index is 0.758. The Morgan fingerprint density at radius 2 is 1.77 bits per heavy atom. The lowest BCUT2D eigenvalue weighted by atomic mass is 10.1. The van der Waals surface area contributed by atoms with Crippen molar-refractivity contribution in [1.82, 2.24) is 9.88 Å². The first-order valence-electron chi connectivity index (χ1n) is 8.69. The lowest BCUT2D eigenvalue weighted by Crippen LogP contribution is -2.11. The molecule has 4 heteroatoms. The molecule has 3 aromatic rings. The van der Waals surface area contributed by atoms with Gasteiger partial charge in [0.1, 0.15) is 11.5 Å². The predicted molar refractivity (Wildman–Crippen MR) is 107 cm³/mol. The summed E-state index contributed by atoms with van der Waals surface area (Å²) in [5.41, 5.74) is 4.48. The maximum absolute atomic E-state index is 6.01. The molecule has 0 spiro atoms. The number of rotatable bonds is 5. The second kappa shape index (κ2) is 7.10. The van der Waals surface area contributed by atoms with Gasteiger partial charge in [0, 0.05) is 18.1 Å². The molecule has 0 unspecified atom stereocenters. The SMILES string of the molecule is CN(C)Cc1ccc2cc(Oc3ccc(C4=CC=NC4)cc3)ccc2n1. The first-order valence-corrected chi connectivity index (χ1v) is 8.69. The van der Waals surface area contributed by atoms with E-state index in [-0.39, 0.29) is 0 Å². The molecule has 2 heterocycles. The third-order valence-corrected chi connectivity index (χ3v) is 4.30. The van der Waals surface area contributed by atoms with E-state index >= 15 is 0 Å². The van der Waals surface area contributed by atoms with Crippen LogP contribution in [0, 0.1) is 0 Å². The normalized spacial score (nSPS) is 13.4. The molecule has 0 saturated carbocycles. The number of nitrogens with zero attached hydrogens (tertiary/aromatic N) is 3. The Bertz CT molecular complexity index is 988. The van der Waals surface area contributed by atoms with E-state index in [2.05, 4.69) is 40.2 Å². The van der Waals surface area contributed by atoms with Crippen LogP contribution in [0.3, 0.4) is 0 Å². The number of aliphatic imine (C=N–C) groups is 1.